The molecule has 1 unspecified atom stereocenters. The molecule has 122 valence electrons. The first kappa shape index (κ1) is 16.6. The number of carbonyl (C=O) groups is 1. The van der Waals surface area contributed by atoms with Gasteiger partial charge in [-0.25, -0.2) is 14.4 Å². The van der Waals surface area contributed by atoms with Gasteiger partial charge in [-0.15, -0.1) is 0 Å². The lowest BCUT2D eigenvalue weighted by Crippen LogP contribution is -2.39. The van der Waals surface area contributed by atoms with Gasteiger partial charge in [0.2, 0.25) is 5.91 Å². The number of carbonyl (C=O) groups excluding carboxylic acids is 1. The fraction of sp³-hybridized carbons (Fsp3) is 0.667. The van der Waals surface area contributed by atoms with Crippen molar-refractivity contribution < 1.29 is 13.9 Å². The Bertz CT molecular complexity index is 506. The third kappa shape index (κ3) is 3.91. The fourth-order valence-corrected chi connectivity index (χ4v) is 2.76. The Labute approximate surface area is 129 Å². The summed E-state index contributed by atoms with van der Waals surface area (Å²) < 4.78 is 19.5. The highest BCUT2D eigenvalue weighted by Crippen LogP contribution is 2.25. The van der Waals surface area contributed by atoms with Gasteiger partial charge in [0.25, 0.3) is 0 Å². The molecule has 1 amide bonds. The molecule has 0 aliphatic carbocycles. The van der Waals surface area contributed by atoms with Gasteiger partial charge in [0.15, 0.2) is 11.6 Å². The van der Waals surface area contributed by atoms with Crippen molar-refractivity contribution in [3.05, 3.63) is 17.8 Å². The third-order valence-corrected chi connectivity index (χ3v) is 4.10. The van der Waals surface area contributed by atoms with Crippen molar-refractivity contribution in [2.24, 2.45) is 11.8 Å². The fourth-order valence-electron chi connectivity index (χ4n) is 2.76. The molecule has 1 aromatic heterocycles. The predicted molar refractivity (Wildman–Crippen MR) is 81.0 cm³/mol. The van der Waals surface area contributed by atoms with Crippen molar-refractivity contribution in [2.45, 2.75) is 26.2 Å². The lowest BCUT2D eigenvalue weighted by Gasteiger charge is -2.29. The van der Waals surface area contributed by atoms with Crippen LogP contribution in [0.25, 0.3) is 0 Å². The molecule has 1 aliphatic heterocycles. The molecule has 0 radical (unpaired) electrons. The Morgan fingerprint density at radius 1 is 1.45 bits per heavy atom. The zero-order valence-electron chi connectivity index (χ0n) is 13.1. The first-order valence-electron chi connectivity index (χ1n) is 7.70. The van der Waals surface area contributed by atoms with Crippen molar-refractivity contribution in [3.63, 3.8) is 0 Å². The molecule has 1 atom stereocenters. The number of aromatic nitrogens is 2. The van der Waals surface area contributed by atoms with E-state index >= 15 is 0 Å². The zero-order valence-corrected chi connectivity index (χ0v) is 13.1. The minimum atomic E-state index is -0.437. The van der Waals surface area contributed by atoms with Crippen LogP contribution in [0.15, 0.2) is 6.33 Å². The second-order valence-electron chi connectivity index (χ2n) is 5.39. The monoisotopic (exact) mass is 310 g/mol. The highest BCUT2D eigenvalue weighted by molar-refractivity contribution is 5.79. The smallest absolute Gasteiger partial charge is 0.224 e. The average molecular weight is 310 g/mol. The maximum absolute atomic E-state index is 14.1. The summed E-state index contributed by atoms with van der Waals surface area (Å²) in [7, 11) is 1.62. The average Bonchev–Trinajstić information content (AvgIpc) is 2.57. The summed E-state index contributed by atoms with van der Waals surface area (Å²) in [6.07, 6.45) is 3.52. The summed E-state index contributed by atoms with van der Waals surface area (Å²) in [6, 6.07) is 0. The molecule has 2 rings (SSSR count). The molecule has 0 aromatic carbocycles. The molecule has 0 saturated carbocycles. The summed E-state index contributed by atoms with van der Waals surface area (Å²) in [5.74, 6) is -0.310. The van der Waals surface area contributed by atoms with E-state index in [1.165, 1.54) is 6.33 Å². The molecule has 2 N–H and O–H groups in total. The van der Waals surface area contributed by atoms with Crippen molar-refractivity contribution in [1.82, 2.24) is 15.3 Å². The largest absolute Gasteiger partial charge is 0.381 e. The number of anilines is 1. The van der Waals surface area contributed by atoms with Crippen LogP contribution >= 0.6 is 0 Å². The molecule has 0 spiro atoms. The summed E-state index contributed by atoms with van der Waals surface area (Å²) >= 11 is 0. The topological polar surface area (TPSA) is 76.1 Å². The molecule has 6 nitrogen and oxygen atoms in total. The van der Waals surface area contributed by atoms with Gasteiger partial charge in [0.05, 0.1) is 11.6 Å². The Balaban J connectivity index is 2.06. The van der Waals surface area contributed by atoms with Crippen LogP contribution in [0.4, 0.5) is 10.2 Å². The molecule has 1 aliphatic rings. The minimum Gasteiger partial charge on any atom is -0.381 e. The van der Waals surface area contributed by atoms with Gasteiger partial charge in [-0.1, -0.05) is 6.92 Å². The van der Waals surface area contributed by atoms with Crippen molar-refractivity contribution in [3.8, 4) is 0 Å². The molecule has 2 heterocycles. The quantitative estimate of drug-likeness (QED) is 0.830. The minimum absolute atomic E-state index is 0.0374. The lowest BCUT2D eigenvalue weighted by molar-refractivity contribution is -0.126. The molecule has 7 heteroatoms. The summed E-state index contributed by atoms with van der Waals surface area (Å²) in [6.45, 7) is 3.52. The summed E-state index contributed by atoms with van der Waals surface area (Å²) in [5.41, 5.74) is 0.375. The van der Waals surface area contributed by atoms with Crippen molar-refractivity contribution in [1.29, 1.82) is 0 Å². The number of amides is 1. The Morgan fingerprint density at radius 3 is 2.82 bits per heavy atom. The van der Waals surface area contributed by atoms with Crippen molar-refractivity contribution in [2.75, 3.05) is 32.1 Å². The van der Waals surface area contributed by atoms with Crippen LogP contribution in [0.3, 0.4) is 0 Å². The maximum Gasteiger partial charge on any atom is 0.224 e. The maximum atomic E-state index is 14.1. The number of aryl methyl sites for hydroxylation is 1. The normalized spacial score (nSPS) is 17.0. The van der Waals surface area contributed by atoms with Gasteiger partial charge < -0.3 is 15.4 Å². The van der Waals surface area contributed by atoms with E-state index in [2.05, 4.69) is 20.6 Å². The Morgan fingerprint density at radius 2 is 2.18 bits per heavy atom. The van der Waals surface area contributed by atoms with Crippen LogP contribution in [0, 0.1) is 17.7 Å². The number of rotatable bonds is 6. The van der Waals surface area contributed by atoms with Crippen LogP contribution < -0.4 is 10.6 Å². The molecule has 1 aromatic rings. The van der Waals surface area contributed by atoms with E-state index in [0.29, 0.717) is 31.9 Å². The van der Waals surface area contributed by atoms with E-state index in [0.717, 1.165) is 12.8 Å². The Kier molecular flexibility index (Phi) is 6.06. The van der Waals surface area contributed by atoms with Crippen LogP contribution in [0.1, 0.15) is 25.5 Å². The first-order valence-corrected chi connectivity index (χ1v) is 7.70. The van der Waals surface area contributed by atoms with Gasteiger partial charge in [0.1, 0.15) is 6.33 Å². The van der Waals surface area contributed by atoms with E-state index < -0.39 is 5.82 Å². The number of nitrogens with one attached hydrogen (secondary N) is 2. The van der Waals surface area contributed by atoms with E-state index in [1.54, 1.807) is 7.05 Å². The van der Waals surface area contributed by atoms with Gasteiger partial charge in [0, 0.05) is 26.8 Å². The summed E-state index contributed by atoms with van der Waals surface area (Å²) in [5, 5.41) is 5.66. The van der Waals surface area contributed by atoms with E-state index in [-0.39, 0.29) is 23.6 Å². The van der Waals surface area contributed by atoms with Crippen LogP contribution in [0.2, 0.25) is 0 Å². The van der Waals surface area contributed by atoms with Gasteiger partial charge in [-0.2, -0.15) is 0 Å². The highest BCUT2D eigenvalue weighted by Gasteiger charge is 2.29. The molecular formula is C15H23FN4O2. The molecule has 1 fully saturated rings. The second kappa shape index (κ2) is 8.03. The van der Waals surface area contributed by atoms with E-state index in [1.807, 2.05) is 6.92 Å². The SMILES string of the molecule is CCc1ncnc(NCC(C(=O)NC)C2CCOCC2)c1F. The van der Waals surface area contributed by atoms with Crippen LogP contribution in [-0.2, 0) is 16.0 Å². The molecule has 1 saturated heterocycles. The molecule has 0 bridgehead atoms. The van der Waals surface area contributed by atoms with Gasteiger partial charge in [-0.05, 0) is 25.2 Å². The van der Waals surface area contributed by atoms with E-state index in [9.17, 15) is 9.18 Å². The predicted octanol–water partition coefficient (Wildman–Crippen LogP) is 1.38. The van der Waals surface area contributed by atoms with Crippen molar-refractivity contribution >= 4 is 11.7 Å². The first-order chi connectivity index (χ1) is 10.7. The standard InChI is InChI=1S/C15H23FN4O2/c1-3-12-13(16)14(20-9-19-12)18-8-11(15(21)17-2)10-4-6-22-7-5-10/h9-11H,3-8H2,1-2H3,(H,17,21)(H,18,19,20). The lowest BCUT2D eigenvalue weighted by atomic mass is 9.85. The summed E-state index contributed by atoms with van der Waals surface area (Å²) in [4.78, 5) is 20.0. The van der Waals surface area contributed by atoms with Crippen LogP contribution in [-0.4, -0.2) is 42.7 Å². The molecular weight excluding hydrogens is 287 g/mol. The highest BCUT2D eigenvalue weighted by atomic mass is 19.1. The number of halogens is 1. The second-order valence-corrected chi connectivity index (χ2v) is 5.39. The van der Waals surface area contributed by atoms with E-state index in [4.69, 9.17) is 4.74 Å². The number of hydrogen-bond donors (Lipinski definition) is 2. The number of ether oxygens (including phenoxy) is 1. The third-order valence-electron chi connectivity index (χ3n) is 4.10. The number of hydrogen-bond acceptors (Lipinski definition) is 5. The van der Waals surface area contributed by atoms with Crippen LogP contribution in [0.5, 0.6) is 0 Å². The van der Waals surface area contributed by atoms with Gasteiger partial charge >= 0.3 is 0 Å². The van der Waals surface area contributed by atoms with Gasteiger partial charge in [-0.3, -0.25) is 4.79 Å². The molecule has 22 heavy (non-hydrogen) atoms. The zero-order chi connectivity index (χ0) is 15.9. The number of nitrogens with zero attached hydrogens (tertiary/aromatic N) is 2. The Hall–Kier alpha value is -1.76.